The van der Waals surface area contributed by atoms with Crippen LogP contribution in [0.4, 0.5) is 0 Å². The van der Waals surface area contributed by atoms with Crippen molar-refractivity contribution in [3.63, 3.8) is 0 Å². The Bertz CT molecular complexity index is 835. The smallest absolute Gasteiger partial charge is 0.262 e. The molecule has 1 amide bonds. The van der Waals surface area contributed by atoms with Crippen LogP contribution in [0.1, 0.15) is 40.5 Å². The number of thioether (sulfide) groups is 1. The van der Waals surface area contributed by atoms with Crippen molar-refractivity contribution in [2.75, 3.05) is 5.75 Å². The first-order valence-corrected chi connectivity index (χ1v) is 10.3. The van der Waals surface area contributed by atoms with E-state index >= 15 is 0 Å². The molecule has 0 bridgehead atoms. The van der Waals surface area contributed by atoms with E-state index in [-0.39, 0.29) is 23.3 Å². The number of hydrogen-bond donors (Lipinski definition) is 1. The lowest BCUT2D eigenvalue weighted by Gasteiger charge is -2.15. The third kappa shape index (κ3) is 5.48. The Morgan fingerprint density at radius 1 is 1.35 bits per heavy atom. The van der Waals surface area contributed by atoms with Crippen LogP contribution in [0.5, 0.6) is 0 Å². The fraction of sp³-hybridized carbons (Fsp3) is 0.526. The minimum absolute atomic E-state index is 0.0554. The van der Waals surface area contributed by atoms with Crippen molar-refractivity contribution in [1.29, 1.82) is 0 Å². The summed E-state index contributed by atoms with van der Waals surface area (Å²) in [5.74, 6) is 0.638. The Hall–Kier alpha value is -1.53. The van der Waals surface area contributed by atoms with Crippen LogP contribution in [0.25, 0.3) is 10.9 Å². The summed E-state index contributed by atoms with van der Waals surface area (Å²) < 4.78 is 1.68. The highest BCUT2D eigenvalue weighted by Crippen LogP contribution is 2.21. The van der Waals surface area contributed by atoms with Crippen LogP contribution in [0.15, 0.2) is 28.2 Å². The zero-order valence-electron chi connectivity index (χ0n) is 15.7. The molecule has 26 heavy (non-hydrogen) atoms. The van der Waals surface area contributed by atoms with E-state index in [4.69, 9.17) is 11.6 Å². The molecule has 0 radical (unpaired) electrons. The summed E-state index contributed by atoms with van der Waals surface area (Å²) in [6, 6.07) is 5.23. The molecule has 5 nitrogen and oxygen atoms in total. The predicted molar refractivity (Wildman–Crippen MR) is 109 cm³/mol. The number of carbonyl (C=O) groups excluding carboxylic acids is 1. The van der Waals surface area contributed by atoms with Crippen LogP contribution < -0.4 is 10.9 Å². The summed E-state index contributed by atoms with van der Waals surface area (Å²) in [6.07, 6.45) is 1.75. The topological polar surface area (TPSA) is 64.0 Å². The largest absolute Gasteiger partial charge is 0.353 e. The third-order valence-corrected chi connectivity index (χ3v) is 5.38. The molecule has 0 saturated heterocycles. The molecule has 1 aromatic heterocycles. The summed E-state index contributed by atoms with van der Waals surface area (Å²) in [5, 5.41) is 4.58. The Labute approximate surface area is 163 Å². The zero-order valence-corrected chi connectivity index (χ0v) is 17.3. The van der Waals surface area contributed by atoms with Gasteiger partial charge in [0.25, 0.3) is 5.56 Å². The average molecular weight is 396 g/mol. The van der Waals surface area contributed by atoms with Crippen LogP contribution in [0, 0.1) is 5.92 Å². The first-order chi connectivity index (χ1) is 12.3. The minimum atomic E-state index is -0.0860. The maximum atomic E-state index is 12.9. The maximum absolute atomic E-state index is 12.9. The molecular weight excluding hydrogens is 370 g/mol. The molecule has 2 aromatic rings. The lowest BCUT2D eigenvalue weighted by molar-refractivity contribution is -0.119. The maximum Gasteiger partial charge on any atom is 0.262 e. The highest BCUT2D eigenvalue weighted by molar-refractivity contribution is 7.99. The van der Waals surface area contributed by atoms with Gasteiger partial charge in [0.05, 0.1) is 16.7 Å². The summed E-state index contributed by atoms with van der Waals surface area (Å²) >= 11 is 7.34. The third-order valence-electron chi connectivity index (χ3n) is 4.16. The van der Waals surface area contributed by atoms with E-state index < -0.39 is 0 Å². The van der Waals surface area contributed by atoms with Gasteiger partial charge in [0.15, 0.2) is 5.16 Å². The average Bonchev–Trinajstić information content (AvgIpc) is 2.58. The molecule has 1 heterocycles. The van der Waals surface area contributed by atoms with E-state index in [2.05, 4.69) is 24.1 Å². The molecule has 0 aliphatic carbocycles. The fourth-order valence-electron chi connectivity index (χ4n) is 2.42. The number of hydrogen-bond acceptors (Lipinski definition) is 4. The van der Waals surface area contributed by atoms with Gasteiger partial charge in [-0.2, -0.15) is 0 Å². The van der Waals surface area contributed by atoms with Gasteiger partial charge in [0.2, 0.25) is 5.91 Å². The van der Waals surface area contributed by atoms with Gasteiger partial charge in [-0.05, 0) is 43.9 Å². The Kier molecular flexibility index (Phi) is 7.53. The highest BCUT2D eigenvalue weighted by atomic mass is 35.5. The molecule has 1 N–H and O–H groups in total. The molecule has 2 rings (SSSR count). The van der Waals surface area contributed by atoms with Crippen LogP contribution in [0.2, 0.25) is 5.02 Å². The first kappa shape index (κ1) is 20.8. The molecule has 1 atom stereocenters. The number of halogens is 1. The number of benzene rings is 1. The summed E-state index contributed by atoms with van der Waals surface area (Å²) in [5.41, 5.74) is 0.477. The van der Waals surface area contributed by atoms with Crippen molar-refractivity contribution in [2.24, 2.45) is 5.92 Å². The lowest BCUT2D eigenvalue weighted by Crippen LogP contribution is -2.33. The quantitative estimate of drug-likeness (QED) is 0.539. The van der Waals surface area contributed by atoms with E-state index in [1.54, 1.807) is 22.8 Å². The standard InChI is InChI=1S/C19H26ClN3O2S/c1-5-13(4)21-17(24)11-26-19-22-16-10-14(20)6-7-15(16)18(25)23(19)9-8-12(2)3/h6-7,10,12-13H,5,8-9,11H2,1-4H3,(H,21,24)/t13-/m1/s1. The number of amides is 1. The van der Waals surface area contributed by atoms with Crippen molar-refractivity contribution in [3.8, 4) is 0 Å². The number of carbonyl (C=O) groups is 1. The van der Waals surface area contributed by atoms with Crippen LogP contribution in [0.3, 0.4) is 0 Å². The van der Waals surface area contributed by atoms with Crippen molar-refractivity contribution < 1.29 is 4.79 Å². The normalized spacial score (nSPS) is 12.5. The molecule has 0 fully saturated rings. The second kappa shape index (κ2) is 9.42. The summed E-state index contributed by atoms with van der Waals surface area (Å²) in [4.78, 5) is 29.6. The molecule has 142 valence electrons. The molecule has 0 saturated carbocycles. The second-order valence-corrected chi connectivity index (χ2v) is 8.24. The van der Waals surface area contributed by atoms with E-state index in [9.17, 15) is 9.59 Å². The molecule has 0 spiro atoms. The van der Waals surface area contributed by atoms with Gasteiger partial charge in [-0.25, -0.2) is 4.98 Å². The van der Waals surface area contributed by atoms with Gasteiger partial charge in [0, 0.05) is 17.6 Å². The van der Waals surface area contributed by atoms with Gasteiger partial charge in [0.1, 0.15) is 0 Å². The van der Waals surface area contributed by atoms with Crippen LogP contribution in [-0.2, 0) is 11.3 Å². The first-order valence-electron chi connectivity index (χ1n) is 8.94. The van der Waals surface area contributed by atoms with Gasteiger partial charge < -0.3 is 5.32 Å². The van der Waals surface area contributed by atoms with Gasteiger partial charge in [-0.15, -0.1) is 0 Å². The number of nitrogens with zero attached hydrogens (tertiary/aromatic N) is 2. The van der Waals surface area contributed by atoms with Crippen molar-refractivity contribution in [2.45, 2.75) is 58.3 Å². The lowest BCUT2D eigenvalue weighted by atomic mass is 10.1. The molecule has 0 aliphatic heterocycles. The summed E-state index contributed by atoms with van der Waals surface area (Å²) in [6.45, 7) is 8.81. The minimum Gasteiger partial charge on any atom is -0.353 e. The predicted octanol–water partition coefficient (Wildman–Crippen LogP) is 4.10. The molecule has 0 unspecified atom stereocenters. The van der Waals surface area contributed by atoms with Gasteiger partial charge in [-0.3, -0.25) is 14.2 Å². The van der Waals surface area contributed by atoms with Crippen LogP contribution >= 0.6 is 23.4 Å². The number of rotatable bonds is 8. The monoisotopic (exact) mass is 395 g/mol. The Morgan fingerprint density at radius 2 is 2.08 bits per heavy atom. The fourth-order valence-corrected chi connectivity index (χ4v) is 3.42. The molecule has 7 heteroatoms. The van der Waals surface area contributed by atoms with Crippen LogP contribution in [-0.4, -0.2) is 27.3 Å². The van der Waals surface area contributed by atoms with E-state index in [1.165, 1.54) is 11.8 Å². The zero-order chi connectivity index (χ0) is 19.3. The highest BCUT2D eigenvalue weighted by Gasteiger charge is 2.14. The van der Waals surface area contributed by atoms with Gasteiger partial charge in [-0.1, -0.05) is 44.1 Å². The van der Waals surface area contributed by atoms with Crippen molar-refractivity contribution in [1.82, 2.24) is 14.9 Å². The van der Waals surface area contributed by atoms with Gasteiger partial charge >= 0.3 is 0 Å². The number of nitrogens with one attached hydrogen (secondary N) is 1. The Morgan fingerprint density at radius 3 is 2.73 bits per heavy atom. The Balaban J connectivity index is 2.33. The van der Waals surface area contributed by atoms with Crippen molar-refractivity contribution >= 4 is 40.2 Å². The summed E-state index contributed by atoms with van der Waals surface area (Å²) in [7, 11) is 0. The van der Waals surface area contributed by atoms with E-state index in [0.717, 1.165) is 12.8 Å². The number of fused-ring (bicyclic) bond motifs is 1. The molecule has 0 aliphatic rings. The second-order valence-electron chi connectivity index (χ2n) is 6.86. The molecule has 1 aromatic carbocycles. The number of aromatic nitrogens is 2. The SMILES string of the molecule is CC[C@@H](C)NC(=O)CSc1nc2cc(Cl)ccc2c(=O)n1CCC(C)C. The molecular formula is C19H26ClN3O2S. The van der Waals surface area contributed by atoms with Crippen molar-refractivity contribution in [3.05, 3.63) is 33.6 Å². The van der Waals surface area contributed by atoms with E-state index in [1.807, 2.05) is 13.8 Å². The van der Waals surface area contributed by atoms with E-state index in [0.29, 0.717) is 33.5 Å².